The number of aliphatic hydroxyl groups is 1. The van der Waals surface area contributed by atoms with Crippen molar-refractivity contribution in [3.8, 4) is 5.82 Å². The summed E-state index contributed by atoms with van der Waals surface area (Å²) in [6, 6.07) is 3.61. The van der Waals surface area contributed by atoms with Crippen LogP contribution in [0.1, 0.15) is 61.5 Å². The van der Waals surface area contributed by atoms with E-state index in [2.05, 4.69) is 20.2 Å². The Bertz CT molecular complexity index is 992. The van der Waals surface area contributed by atoms with Crippen molar-refractivity contribution in [2.45, 2.75) is 51.2 Å². The fraction of sp³-hybridized carbons (Fsp3) is 0.450. The first-order chi connectivity index (χ1) is 13.8. The molecule has 1 aliphatic rings. The average Bonchev–Trinajstić information content (AvgIpc) is 3.40. The molecule has 2 atom stereocenters. The number of likely N-dealkylation sites (tertiary alicyclic amines) is 1. The van der Waals surface area contributed by atoms with E-state index in [-0.39, 0.29) is 23.6 Å². The van der Waals surface area contributed by atoms with Crippen molar-refractivity contribution in [2.24, 2.45) is 0 Å². The molecule has 0 radical (unpaired) electrons. The molecule has 29 heavy (non-hydrogen) atoms. The Kier molecular flexibility index (Phi) is 4.91. The van der Waals surface area contributed by atoms with Crippen molar-refractivity contribution in [3.63, 3.8) is 0 Å². The molecule has 1 saturated heterocycles. The van der Waals surface area contributed by atoms with Gasteiger partial charge in [-0.25, -0.2) is 14.6 Å². The van der Waals surface area contributed by atoms with Crippen LogP contribution >= 0.6 is 0 Å². The molecule has 4 heterocycles. The molecule has 1 fully saturated rings. The third-order valence-electron chi connectivity index (χ3n) is 5.30. The van der Waals surface area contributed by atoms with Crippen LogP contribution in [0.25, 0.3) is 5.82 Å². The molecular weight excluding hydrogens is 372 g/mol. The van der Waals surface area contributed by atoms with Gasteiger partial charge >= 0.3 is 0 Å². The molecule has 3 aromatic heterocycles. The van der Waals surface area contributed by atoms with Gasteiger partial charge in [-0.15, -0.1) is 0 Å². The molecule has 1 amide bonds. The molecule has 0 bridgehead atoms. The van der Waals surface area contributed by atoms with Gasteiger partial charge in [0.25, 0.3) is 5.91 Å². The highest BCUT2D eigenvalue weighted by Gasteiger charge is 2.35. The molecule has 0 saturated carbocycles. The van der Waals surface area contributed by atoms with E-state index in [1.54, 1.807) is 54.2 Å². The minimum atomic E-state index is -1.07. The normalized spacial score (nSPS) is 20.1. The zero-order valence-corrected chi connectivity index (χ0v) is 16.7. The van der Waals surface area contributed by atoms with Crippen molar-refractivity contribution >= 4 is 5.91 Å². The topological polar surface area (TPSA) is 110 Å². The summed E-state index contributed by atoms with van der Waals surface area (Å²) in [4.78, 5) is 23.8. The van der Waals surface area contributed by atoms with Gasteiger partial charge < -0.3 is 14.5 Å². The molecule has 0 unspecified atom stereocenters. The van der Waals surface area contributed by atoms with E-state index in [4.69, 9.17) is 4.52 Å². The van der Waals surface area contributed by atoms with E-state index in [9.17, 15) is 9.90 Å². The predicted octanol–water partition coefficient (Wildman–Crippen LogP) is 2.29. The fourth-order valence-corrected chi connectivity index (χ4v) is 3.57. The molecule has 0 aromatic carbocycles. The maximum atomic E-state index is 13.4. The molecule has 0 aliphatic carbocycles. The first-order valence-corrected chi connectivity index (χ1v) is 9.66. The van der Waals surface area contributed by atoms with Gasteiger partial charge in [-0.2, -0.15) is 5.10 Å². The van der Waals surface area contributed by atoms with Crippen molar-refractivity contribution < 1.29 is 14.4 Å². The average molecular weight is 396 g/mol. The largest absolute Gasteiger partial charge is 0.384 e. The van der Waals surface area contributed by atoms with Gasteiger partial charge in [0.1, 0.15) is 17.1 Å². The van der Waals surface area contributed by atoms with Crippen LogP contribution in [0.4, 0.5) is 0 Å². The smallest absolute Gasteiger partial charge is 0.276 e. The summed E-state index contributed by atoms with van der Waals surface area (Å²) in [6.07, 6.45) is 8.12. The van der Waals surface area contributed by atoms with E-state index >= 15 is 0 Å². The molecule has 9 nitrogen and oxygen atoms in total. The van der Waals surface area contributed by atoms with Crippen LogP contribution in [-0.2, 0) is 5.60 Å². The number of amides is 1. The third kappa shape index (κ3) is 3.77. The summed E-state index contributed by atoms with van der Waals surface area (Å²) >= 11 is 0. The standard InChI is InChI=1S/C20H24N6O3/c1-13-5-6-14(15-11-16(24-29-15)20(2,3)28)12-25(13)19(27)17-18(22-9-8-21-17)26-10-4-7-23-26/h4,7-11,13-14,28H,5-6,12H2,1-3H3/t13-,14-/m1/s1. The number of nitrogens with zero attached hydrogens (tertiary/aromatic N) is 6. The van der Waals surface area contributed by atoms with Gasteiger partial charge in [-0.1, -0.05) is 5.16 Å². The molecule has 1 aliphatic heterocycles. The van der Waals surface area contributed by atoms with Crippen LogP contribution in [0.5, 0.6) is 0 Å². The molecule has 152 valence electrons. The Balaban J connectivity index is 1.60. The summed E-state index contributed by atoms with van der Waals surface area (Å²) in [5, 5.41) is 18.3. The maximum Gasteiger partial charge on any atom is 0.276 e. The van der Waals surface area contributed by atoms with Crippen molar-refractivity contribution in [2.75, 3.05) is 6.54 Å². The Morgan fingerprint density at radius 2 is 2.03 bits per heavy atom. The van der Waals surface area contributed by atoms with E-state index in [0.29, 0.717) is 23.8 Å². The van der Waals surface area contributed by atoms with Gasteiger partial charge in [-0.05, 0) is 39.7 Å². The van der Waals surface area contributed by atoms with E-state index in [1.807, 2.05) is 6.92 Å². The quantitative estimate of drug-likeness (QED) is 0.720. The zero-order chi connectivity index (χ0) is 20.6. The fourth-order valence-electron chi connectivity index (χ4n) is 3.57. The lowest BCUT2D eigenvalue weighted by atomic mass is 9.90. The number of aromatic nitrogens is 5. The predicted molar refractivity (Wildman–Crippen MR) is 103 cm³/mol. The second-order valence-corrected chi connectivity index (χ2v) is 7.93. The number of carbonyl (C=O) groups is 1. The van der Waals surface area contributed by atoms with E-state index < -0.39 is 5.60 Å². The molecule has 3 aromatic rings. The van der Waals surface area contributed by atoms with E-state index in [1.165, 1.54) is 6.20 Å². The Morgan fingerprint density at radius 3 is 2.72 bits per heavy atom. The highest BCUT2D eigenvalue weighted by atomic mass is 16.5. The first-order valence-electron chi connectivity index (χ1n) is 9.66. The summed E-state index contributed by atoms with van der Waals surface area (Å²) in [6.45, 7) is 5.84. The zero-order valence-electron chi connectivity index (χ0n) is 16.7. The van der Waals surface area contributed by atoms with Gasteiger partial charge in [-0.3, -0.25) is 4.79 Å². The lowest BCUT2D eigenvalue weighted by molar-refractivity contribution is 0.0588. The number of carbonyl (C=O) groups excluding carboxylic acids is 1. The van der Waals surface area contributed by atoms with Gasteiger partial charge in [0.15, 0.2) is 11.5 Å². The highest BCUT2D eigenvalue weighted by molar-refractivity contribution is 5.95. The van der Waals surface area contributed by atoms with Crippen LogP contribution in [0.2, 0.25) is 0 Å². The number of hydrogen-bond donors (Lipinski definition) is 1. The second kappa shape index (κ2) is 7.40. The Labute approximate surface area is 168 Å². The Morgan fingerprint density at radius 1 is 1.24 bits per heavy atom. The maximum absolute atomic E-state index is 13.4. The lowest BCUT2D eigenvalue weighted by Gasteiger charge is -2.37. The van der Waals surface area contributed by atoms with Crippen LogP contribution in [0.3, 0.4) is 0 Å². The van der Waals surface area contributed by atoms with Crippen LogP contribution < -0.4 is 0 Å². The monoisotopic (exact) mass is 396 g/mol. The van der Waals surface area contributed by atoms with Crippen LogP contribution in [0, 0.1) is 0 Å². The molecule has 9 heteroatoms. The molecule has 1 N–H and O–H groups in total. The SMILES string of the molecule is C[C@@H]1CC[C@@H](c2cc(C(C)(C)O)no2)CN1C(=O)c1nccnc1-n1cccn1. The summed E-state index contributed by atoms with van der Waals surface area (Å²) in [5.74, 6) is 0.894. The number of hydrogen-bond acceptors (Lipinski definition) is 7. The number of rotatable bonds is 4. The molecular formula is C20H24N6O3. The minimum absolute atomic E-state index is 0.00331. The lowest BCUT2D eigenvalue weighted by Crippen LogP contribution is -2.45. The summed E-state index contributed by atoms with van der Waals surface area (Å²) < 4.78 is 7.03. The first kappa shape index (κ1) is 19.3. The molecule has 4 rings (SSSR count). The van der Waals surface area contributed by atoms with Gasteiger partial charge in [0.2, 0.25) is 0 Å². The van der Waals surface area contributed by atoms with Gasteiger partial charge in [0.05, 0.1) is 0 Å². The van der Waals surface area contributed by atoms with E-state index in [0.717, 1.165) is 12.8 Å². The van der Waals surface area contributed by atoms with Crippen molar-refractivity contribution in [1.29, 1.82) is 0 Å². The summed E-state index contributed by atoms with van der Waals surface area (Å²) in [7, 11) is 0. The Hall–Kier alpha value is -3.07. The second-order valence-electron chi connectivity index (χ2n) is 7.93. The molecule has 0 spiro atoms. The van der Waals surface area contributed by atoms with Crippen LogP contribution in [0.15, 0.2) is 41.4 Å². The minimum Gasteiger partial charge on any atom is -0.384 e. The third-order valence-corrected chi connectivity index (χ3v) is 5.30. The van der Waals surface area contributed by atoms with Crippen molar-refractivity contribution in [1.82, 2.24) is 29.8 Å². The summed E-state index contributed by atoms with van der Waals surface area (Å²) in [5.41, 5.74) is -0.324. The highest BCUT2D eigenvalue weighted by Crippen LogP contribution is 2.33. The number of piperidine rings is 1. The van der Waals surface area contributed by atoms with Crippen LogP contribution in [-0.4, -0.2) is 53.4 Å². The van der Waals surface area contributed by atoms with Gasteiger partial charge in [0, 0.05) is 49.4 Å². The van der Waals surface area contributed by atoms with Crippen molar-refractivity contribution in [3.05, 3.63) is 54.1 Å².